The summed E-state index contributed by atoms with van der Waals surface area (Å²) in [5, 5.41) is 15.6. The average Bonchev–Trinajstić information content (AvgIpc) is 3.31. The summed E-state index contributed by atoms with van der Waals surface area (Å²) in [6.07, 6.45) is 3.67. The van der Waals surface area contributed by atoms with Gasteiger partial charge in [0.1, 0.15) is 0 Å². The van der Waals surface area contributed by atoms with Crippen LogP contribution in [-0.4, -0.2) is 37.7 Å². The number of rotatable bonds is 4. The Morgan fingerprint density at radius 2 is 1.57 bits per heavy atom. The van der Waals surface area contributed by atoms with Crippen molar-refractivity contribution >= 4 is 16.3 Å². The third-order valence-electron chi connectivity index (χ3n) is 5.35. The van der Waals surface area contributed by atoms with E-state index >= 15 is 0 Å². The molecule has 0 amide bonds. The van der Waals surface area contributed by atoms with Crippen LogP contribution in [0.3, 0.4) is 0 Å². The van der Waals surface area contributed by atoms with E-state index in [1.165, 1.54) is 36.2 Å². The highest BCUT2D eigenvalue weighted by atomic mass is 32.1. The highest BCUT2D eigenvalue weighted by Crippen LogP contribution is 2.41. The molecule has 1 aliphatic rings. The smallest absolute Gasteiger partial charge is 0.230 e. The minimum Gasteiger partial charge on any atom is -0.492 e. The molecule has 1 aliphatic heterocycles. The van der Waals surface area contributed by atoms with Gasteiger partial charge in [0.05, 0.1) is 10.9 Å². The predicted molar refractivity (Wildman–Crippen MR) is 112 cm³/mol. The zero-order valence-electron chi connectivity index (χ0n) is 15.5. The number of aromatic nitrogens is 3. The van der Waals surface area contributed by atoms with Crippen LogP contribution in [0.5, 0.6) is 5.88 Å². The van der Waals surface area contributed by atoms with Gasteiger partial charge in [0.25, 0.3) is 0 Å². The molecule has 0 bridgehead atoms. The van der Waals surface area contributed by atoms with E-state index in [9.17, 15) is 5.11 Å². The molecule has 1 fully saturated rings. The molecule has 1 N–H and O–H groups in total. The second kappa shape index (κ2) is 7.37. The Morgan fingerprint density at radius 1 is 0.893 bits per heavy atom. The van der Waals surface area contributed by atoms with Gasteiger partial charge < -0.3 is 5.11 Å². The summed E-state index contributed by atoms with van der Waals surface area (Å²) >= 11 is 1.53. The van der Waals surface area contributed by atoms with E-state index in [0.717, 1.165) is 28.5 Å². The average molecular weight is 391 g/mol. The summed E-state index contributed by atoms with van der Waals surface area (Å²) in [5.41, 5.74) is 2.16. The molecule has 3 heterocycles. The lowest BCUT2D eigenvalue weighted by molar-refractivity contribution is 0.186. The van der Waals surface area contributed by atoms with E-state index in [0.29, 0.717) is 5.82 Å². The first-order valence-corrected chi connectivity index (χ1v) is 10.6. The topological polar surface area (TPSA) is 53.7 Å². The number of hydrogen-bond acceptors (Lipinski definition) is 5. The van der Waals surface area contributed by atoms with Crippen LogP contribution in [0.15, 0.2) is 60.7 Å². The zero-order valence-corrected chi connectivity index (χ0v) is 16.3. The SMILES string of the molecule is Oc1c(C(c2ccccc2)N2CCCCC2)sc2nc(-c3ccccc3)nn12. The summed E-state index contributed by atoms with van der Waals surface area (Å²) in [4.78, 5) is 8.80. The molecule has 2 aromatic heterocycles. The van der Waals surface area contributed by atoms with Gasteiger partial charge in [-0.25, -0.2) is 0 Å². The minimum absolute atomic E-state index is 0.0372. The molecule has 1 atom stereocenters. The van der Waals surface area contributed by atoms with Crippen molar-refractivity contribution in [3.63, 3.8) is 0 Å². The monoisotopic (exact) mass is 390 g/mol. The summed E-state index contributed by atoms with van der Waals surface area (Å²) in [7, 11) is 0. The molecule has 2 aromatic carbocycles. The van der Waals surface area contributed by atoms with Crippen LogP contribution in [0.25, 0.3) is 16.3 Å². The van der Waals surface area contributed by atoms with Gasteiger partial charge in [-0.2, -0.15) is 9.50 Å². The molecule has 1 unspecified atom stereocenters. The third kappa shape index (κ3) is 3.08. The van der Waals surface area contributed by atoms with Crippen molar-refractivity contribution in [1.82, 2.24) is 19.5 Å². The Labute approximate surface area is 167 Å². The maximum Gasteiger partial charge on any atom is 0.230 e. The van der Waals surface area contributed by atoms with Gasteiger partial charge in [0, 0.05) is 5.56 Å². The molecule has 5 nitrogen and oxygen atoms in total. The Hall–Kier alpha value is -2.70. The lowest BCUT2D eigenvalue weighted by Crippen LogP contribution is -2.34. The van der Waals surface area contributed by atoms with Crippen LogP contribution >= 0.6 is 11.3 Å². The molecule has 6 heteroatoms. The largest absolute Gasteiger partial charge is 0.492 e. The Kier molecular flexibility index (Phi) is 4.58. The van der Waals surface area contributed by atoms with Crippen molar-refractivity contribution in [2.75, 3.05) is 13.1 Å². The van der Waals surface area contributed by atoms with E-state index in [1.54, 1.807) is 4.52 Å². The Balaban J connectivity index is 1.59. The fraction of sp³-hybridized carbons (Fsp3) is 0.273. The second-order valence-electron chi connectivity index (χ2n) is 7.20. The molecule has 28 heavy (non-hydrogen) atoms. The molecule has 0 radical (unpaired) electrons. The maximum atomic E-state index is 11.1. The van der Waals surface area contributed by atoms with Crippen LogP contribution < -0.4 is 0 Å². The lowest BCUT2D eigenvalue weighted by atomic mass is 10.0. The number of piperidine rings is 1. The quantitative estimate of drug-likeness (QED) is 0.547. The van der Waals surface area contributed by atoms with Gasteiger partial charge in [-0.1, -0.05) is 78.4 Å². The van der Waals surface area contributed by atoms with Crippen molar-refractivity contribution in [1.29, 1.82) is 0 Å². The number of fused-ring (bicyclic) bond motifs is 1. The lowest BCUT2D eigenvalue weighted by Gasteiger charge is -2.34. The van der Waals surface area contributed by atoms with Crippen molar-refractivity contribution in [3.05, 3.63) is 71.1 Å². The normalized spacial score (nSPS) is 16.4. The fourth-order valence-electron chi connectivity index (χ4n) is 3.98. The first kappa shape index (κ1) is 17.4. The maximum absolute atomic E-state index is 11.1. The molecule has 0 saturated carbocycles. The molecule has 1 saturated heterocycles. The number of hydrogen-bond donors (Lipinski definition) is 1. The van der Waals surface area contributed by atoms with E-state index in [1.807, 2.05) is 36.4 Å². The summed E-state index contributed by atoms with van der Waals surface area (Å²) in [6.45, 7) is 2.09. The van der Waals surface area contributed by atoms with Crippen molar-refractivity contribution < 1.29 is 5.11 Å². The second-order valence-corrected chi connectivity index (χ2v) is 8.20. The van der Waals surface area contributed by atoms with Crippen LogP contribution in [0.1, 0.15) is 35.7 Å². The Morgan fingerprint density at radius 3 is 2.25 bits per heavy atom. The van der Waals surface area contributed by atoms with E-state index in [2.05, 4.69) is 39.2 Å². The number of benzene rings is 2. The van der Waals surface area contributed by atoms with Gasteiger partial charge in [0.15, 0.2) is 5.82 Å². The van der Waals surface area contributed by atoms with Crippen molar-refractivity contribution in [2.45, 2.75) is 25.3 Å². The molecule has 142 valence electrons. The zero-order chi connectivity index (χ0) is 18.9. The highest BCUT2D eigenvalue weighted by Gasteiger charge is 2.30. The summed E-state index contributed by atoms with van der Waals surface area (Å²) in [5.74, 6) is 0.844. The molecular weight excluding hydrogens is 368 g/mol. The highest BCUT2D eigenvalue weighted by molar-refractivity contribution is 7.17. The van der Waals surface area contributed by atoms with Crippen molar-refractivity contribution in [2.24, 2.45) is 0 Å². The van der Waals surface area contributed by atoms with Gasteiger partial charge in [-0.05, 0) is 31.5 Å². The number of thiazole rings is 1. The van der Waals surface area contributed by atoms with Gasteiger partial charge >= 0.3 is 0 Å². The van der Waals surface area contributed by atoms with Crippen molar-refractivity contribution in [3.8, 4) is 17.3 Å². The fourth-order valence-corrected chi connectivity index (χ4v) is 5.09. The van der Waals surface area contributed by atoms with Crippen LogP contribution in [-0.2, 0) is 0 Å². The van der Waals surface area contributed by atoms with Crippen LogP contribution in [0.2, 0.25) is 0 Å². The van der Waals surface area contributed by atoms with E-state index in [4.69, 9.17) is 0 Å². The van der Waals surface area contributed by atoms with Gasteiger partial charge in [-0.3, -0.25) is 4.90 Å². The molecule has 0 spiro atoms. The predicted octanol–water partition coefficient (Wildman–Crippen LogP) is 4.74. The van der Waals surface area contributed by atoms with Gasteiger partial charge in [-0.15, -0.1) is 5.10 Å². The molecular formula is C22H22N4OS. The number of nitrogens with zero attached hydrogens (tertiary/aromatic N) is 4. The third-order valence-corrected chi connectivity index (χ3v) is 6.42. The number of aromatic hydroxyl groups is 1. The number of likely N-dealkylation sites (tertiary alicyclic amines) is 1. The van der Waals surface area contributed by atoms with E-state index < -0.39 is 0 Å². The van der Waals surface area contributed by atoms with Crippen LogP contribution in [0.4, 0.5) is 0 Å². The summed E-state index contributed by atoms with van der Waals surface area (Å²) in [6, 6.07) is 20.4. The Bertz CT molecular complexity index is 1070. The van der Waals surface area contributed by atoms with Crippen LogP contribution in [0, 0.1) is 0 Å². The first-order chi connectivity index (χ1) is 13.8. The minimum atomic E-state index is 0.0372. The first-order valence-electron chi connectivity index (χ1n) is 9.74. The van der Waals surface area contributed by atoms with Gasteiger partial charge in [0.2, 0.25) is 10.8 Å². The molecule has 5 rings (SSSR count). The molecule has 0 aliphatic carbocycles. The molecule has 4 aromatic rings. The van der Waals surface area contributed by atoms with E-state index in [-0.39, 0.29) is 11.9 Å². The summed E-state index contributed by atoms with van der Waals surface area (Å²) < 4.78 is 1.59. The standard InChI is InChI=1S/C22H22N4OS/c27-21-19(18(16-10-4-1-5-11-16)25-14-8-3-9-15-25)28-22-23-20(24-26(21)22)17-12-6-2-7-13-17/h1-2,4-7,10-13,18,27H,3,8-9,14-15H2.